The Bertz CT molecular complexity index is 977. The summed E-state index contributed by atoms with van der Waals surface area (Å²) in [4.78, 5) is 24.4. The minimum absolute atomic E-state index is 0.0516. The number of anilines is 1. The maximum absolute atomic E-state index is 12.6. The SMILES string of the molecule is COc1ccccc1CN(C)C(=O)CN(c1cccc([N+](=O)[O-])c1)S(C)(=O)=O. The third-order valence-corrected chi connectivity index (χ3v) is 5.17. The van der Waals surface area contributed by atoms with Crippen molar-refractivity contribution in [2.75, 3.05) is 31.3 Å². The number of ether oxygens (including phenoxy) is 1. The standard InChI is InChI=1S/C18H21N3O6S/c1-19(12-14-7-4-5-10-17(14)27-2)18(22)13-20(28(3,25)26)15-8-6-9-16(11-15)21(23)24/h4-11H,12-13H2,1-3H3. The first-order valence-electron chi connectivity index (χ1n) is 8.21. The molecule has 0 aromatic heterocycles. The number of methoxy groups -OCH3 is 1. The number of para-hydroxylation sites is 1. The van der Waals surface area contributed by atoms with Gasteiger partial charge >= 0.3 is 0 Å². The number of carbonyl (C=O) groups excluding carboxylic acids is 1. The molecule has 28 heavy (non-hydrogen) atoms. The van der Waals surface area contributed by atoms with Gasteiger partial charge in [-0.1, -0.05) is 24.3 Å². The fourth-order valence-corrected chi connectivity index (χ4v) is 3.42. The molecule has 0 unspecified atom stereocenters. The number of carbonyl (C=O) groups is 1. The van der Waals surface area contributed by atoms with Crippen molar-refractivity contribution in [2.24, 2.45) is 0 Å². The lowest BCUT2D eigenvalue weighted by atomic mass is 10.2. The van der Waals surface area contributed by atoms with Crippen molar-refractivity contribution in [1.82, 2.24) is 4.90 Å². The lowest BCUT2D eigenvalue weighted by Crippen LogP contribution is -2.41. The van der Waals surface area contributed by atoms with E-state index in [1.807, 2.05) is 6.07 Å². The van der Waals surface area contributed by atoms with Gasteiger partial charge in [-0.05, 0) is 12.1 Å². The molecule has 9 nitrogen and oxygen atoms in total. The van der Waals surface area contributed by atoms with E-state index < -0.39 is 27.4 Å². The number of hydrogen-bond acceptors (Lipinski definition) is 6. The Balaban J connectivity index is 2.24. The van der Waals surface area contributed by atoms with Crippen molar-refractivity contribution in [3.8, 4) is 5.75 Å². The normalized spacial score (nSPS) is 11.0. The van der Waals surface area contributed by atoms with Crippen LogP contribution in [0.2, 0.25) is 0 Å². The molecule has 10 heteroatoms. The minimum atomic E-state index is -3.84. The van der Waals surface area contributed by atoms with Gasteiger partial charge in [0.2, 0.25) is 15.9 Å². The second-order valence-electron chi connectivity index (χ2n) is 6.11. The van der Waals surface area contributed by atoms with Crippen LogP contribution in [0, 0.1) is 10.1 Å². The molecule has 2 aromatic carbocycles. The van der Waals surface area contributed by atoms with Crippen LogP contribution in [0.15, 0.2) is 48.5 Å². The molecule has 0 heterocycles. The molecule has 0 radical (unpaired) electrons. The van der Waals surface area contributed by atoms with Gasteiger partial charge in [-0.15, -0.1) is 0 Å². The van der Waals surface area contributed by atoms with Crippen molar-refractivity contribution in [3.63, 3.8) is 0 Å². The zero-order valence-corrected chi connectivity index (χ0v) is 16.5. The van der Waals surface area contributed by atoms with Crippen LogP contribution >= 0.6 is 0 Å². The van der Waals surface area contributed by atoms with Crippen LogP contribution in [-0.4, -0.2) is 51.1 Å². The number of nitro groups is 1. The van der Waals surface area contributed by atoms with E-state index in [9.17, 15) is 23.3 Å². The first-order chi connectivity index (χ1) is 13.1. The Hall–Kier alpha value is -3.14. The molecule has 150 valence electrons. The molecule has 0 saturated carbocycles. The summed E-state index contributed by atoms with van der Waals surface area (Å²) >= 11 is 0. The summed E-state index contributed by atoms with van der Waals surface area (Å²) in [5, 5.41) is 11.0. The summed E-state index contributed by atoms with van der Waals surface area (Å²) in [5.74, 6) is 0.142. The molecular formula is C18H21N3O6S. The summed E-state index contributed by atoms with van der Waals surface area (Å²) in [6.07, 6.45) is 0.944. The number of non-ortho nitro benzene ring substituents is 1. The van der Waals surface area contributed by atoms with Gasteiger partial charge in [-0.3, -0.25) is 19.2 Å². The fourth-order valence-electron chi connectivity index (χ4n) is 2.58. The molecule has 1 amide bonds. The summed E-state index contributed by atoms with van der Waals surface area (Å²) < 4.78 is 30.5. The van der Waals surface area contributed by atoms with Crippen LogP contribution in [0.3, 0.4) is 0 Å². The predicted octanol–water partition coefficient (Wildman–Crippen LogP) is 2.03. The zero-order valence-electron chi connectivity index (χ0n) is 15.7. The van der Waals surface area contributed by atoms with Crippen molar-refractivity contribution >= 4 is 27.3 Å². The fraction of sp³-hybridized carbons (Fsp3) is 0.278. The van der Waals surface area contributed by atoms with Gasteiger partial charge < -0.3 is 9.64 Å². The van der Waals surface area contributed by atoms with E-state index >= 15 is 0 Å². The Labute approximate surface area is 163 Å². The minimum Gasteiger partial charge on any atom is -0.496 e. The number of nitro benzene ring substituents is 1. The number of likely N-dealkylation sites (N-methyl/N-ethyl adjacent to an activating group) is 1. The van der Waals surface area contributed by atoms with Crippen LogP contribution < -0.4 is 9.04 Å². The van der Waals surface area contributed by atoms with Crippen LogP contribution in [-0.2, 0) is 21.4 Å². The van der Waals surface area contributed by atoms with Gasteiger partial charge in [0.25, 0.3) is 5.69 Å². The van der Waals surface area contributed by atoms with Crippen LogP contribution in [0.1, 0.15) is 5.56 Å². The Kier molecular flexibility index (Phi) is 6.57. The molecule has 0 aliphatic carbocycles. The quantitative estimate of drug-likeness (QED) is 0.489. The maximum Gasteiger partial charge on any atom is 0.271 e. The molecule has 0 aliphatic rings. The highest BCUT2D eigenvalue weighted by molar-refractivity contribution is 7.92. The van der Waals surface area contributed by atoms with Gasteiger partial charge in [0.05, 0.1) is 24.0 Å². The largest absolute Gasteiger partial charge is 0.496 e. The Morgan fingerprint density at radius 2 is 1.86 bits per heavy atom. The summed E-state index contributed by atoms with van der Waals surface area (Å²) in [6, 6.07) is 12.3. The molecule has 0 N–H and O–H groups in total. The van der Waals surface area contributed by atoms with Crippen molar-refractivity contribution < 1.29 is 22.9 Å². The summed E-state index contributed by atoms with van der Waals surface area (Å²) in [5.41, 5.74) is 0.554. The van der Waals surface area contributed by atoms with E-state index in [1.165, 1.54) is 30.2 Å². The number of hydrogen-bond donors (Lipinski definition) is 0. The van der Waals surface area contributed by atoms with E-state index in [1.54, 1.807) is 25.2 Å². The van der Waals surface area contributed by atoms with Gasteiger partial charge in [0, 0.05) is 31.3 Å². The van der Waals surface area contributed by atoms with E-state index in [-0.39, 0.29) is 17.9 Å². The number of sulfonamides is 1. The molecule has 0 saturated heterocycles. The third-order valence-electron chi connectivity index (χ3n) is 4.03. The number of nitrogens with zero attached hydrogens (tertiary/aromatic N) is 3. The monoisotopic (exact) mass is 407 g/mol. The maximum atomic E-state index is 12.6. The van der Waals surface area contributed by atoms with E-state index in [2.05, 4.69) is 0 Å². The average Bonchev–Trinajstić information content (AvgIpc) is 2.65. The van der Waals surface area contributed by atoms with Crippen LogP contribution in [0.5, 0.6) is 5.75 Å². The molecule has 0 fully saturated rings. The highest BCUT2D eigenvalue weighted by atomic mass is 32.2. The lowest BCUT2D eigenvalue weighted by molar-refractivity contribution is -0.384. The van der Waals surface area contributed by atoms with Crippen molar-refractivity contribution in [2.45, 2.75) is 6.54 Å². The highest BCUT2D eigenvalue weighted by Crippen LogP contribution is 2.24. The van der Waals surface area contributed by atoms with Gasteiger partial charge in [0.1, 0.15) is 12.3 Å². The molecule has 0 aliphatic heterocycles. The van der Waals surface area contributed by atoms with Crippen molar-refractivity contribution in [1.29, 1.82) is 0 Å². The van der Waals surface area contributed by atoms with E-state index in [4.69, 9.17) is 4.74 Å². The second kappa shape index (κ2) is 8.70. The Morgan fingerprint density at radius 1 is 1.18 bits per heavy atom. The highest BCUT2D eigenvalue weighted by Gasteiger charge is 2.24. The molecule has 0 bridgehead atoms. The Morgan fingerprint density at radius 3 is 2.46 bits per heavy atom. The topological polar surface area (TPSA) is 110 Å². The number of benzene rings is 2. The van der Waals surface area contributed by atoms with Crippen molar-refractivity contribution in [3.05, 3.63) is 64.2 Å². The van der Waals surface area contributed by atoms with Gasteiger partial charge in [-0.2, -0.15) is 0 Å². The predicted molar refractivity (Wildman–Crippen MR) is 105 cm³/mol. The third kappa shape index (κ3) is 5.19. The summed E-state index contributed by atoms with van der Waals surface area (Å²) in [6.45, 7) is -0.263. The van der Waals surface area contributed by atoms with Crippen LogP contribution in [0.4, 0.5) is 11.4 Å². The molecule has 0 spiro atoms. The van der Waals surface area contributed by atoms with E-state index in [0.717, 1.165) is 22.2 Å². The van der Waals surface area contributed by atoms with E-state index in [0.29, 0.717) is 5.75 Å². The zero-order chi connectivity index (χ0) is 20.9. The molecular weight excluding hydrogens is 386 g/mol. The second-order valence-corrected chi connectivity index (χ2v) is 8.02. The number of rotatable bonds is 8. The smallest absolute Gasteiger partial charge is 0.271 e. The molecule has 2 rings (SSSR count). The lowest BCUT2D eigenvalue weighted by Gasteiger charge is -2.25. The average molecular weight is 407 g/mol. The first kappa shape index (κ1) is 21.2. The van der Waals surface area contributed by atoms with Gasteiger partial charge in [-0.25, -0.2) is 8.42 Å². The first-order valence-corrected chi connectivity index (χ1v) is 10.1. The molecule has 2 aromatic rings. The number of amides is 1. The summed E-state index contributed by atoms with van der Waals surface area (Å²) in [7, 11) is -0.770. The van der Waals surface area contributed by atoms with Gasteiger partial charge in [0.15, 0.2) is 0 Å². The molecule has 0 atom stereocenters. The van der Waals surface area contributed by atoms with Crippen LogP contribution in [0.25, 0.3) is 0 Å².